The van der Waals surface area contributed by atoms with Crippen LogP contribution in [-0.2, 0) is 11.2 Å². The Kier molecular flexibility index (Phi) is 5.89. The number of rotatable bonds is 3. The minimum absolute atomic E-state index is 0.254. The van der Waals surface area contributed by atoms with Gasteiger partial charge in [-0.15, -0.1) is 0 Å². The average Bonchev–Trinajstić information content (AvgIpc) is 2.63. The molecule has 1 atom stereocenters. The number of carbonyl (C=O) groups is 1. The van der Waals surface area contributed by atoms with Crippen LogP contribution in [0.3, 0.4) is 0 Å². The SMILES string of the molecule is O=C(Cc1cccc(Br)c1)N1CCCCCC1CBr. The lowest BCUT2D eigenvalue weighted by atomic mass is 10.1. The van der Waals surface area contributed by atoms with E-state index in [4.69, 9.17) is 0 Å². The maximum atomic E-state index is 12.5. The Hall–Kier alpha value is -0.350. The van der Waals surface area contributed by atoms with Crippen LogP contribution in [0.1, 0.15) is 31.2 Å². The first-order chi connectivity index (χ1) is 9.20. The van der Waals surface area contributed by atoms with Crippen LogP contribution >= 0.6 is 31.9 Å². The van der Waals surface area contributed by atoms with Crippen LogP contribution in [0.25, 0.3) is 0 Å². The topological polar surface area (TPSA) is 20.3 Å². The van der Waals surface area contributed by atoms with Crippen molar-refractivity contribution >= 4 is 37.8 Å². The number of hydrogen-bond donors (Lipinski definition) is 0. The number of nitrogens with zero attached hydrogens (tertiary/aromatic N) is 1. The summed E-state index contributed by atoms with van der Waals surface area (Å²) in [7, 11) is 0. The Balaban J connectivity index is 2.04. The standard InChI is InChI=1S/C15H19Br2NO/c16-11-14-7-2-1-3-8-18(14)15(19)10-12-5-4-6-13(17)9-12/h4-6,9,14H,1-3,7-8,10-11H2. The van der Waals surface area contributed by atoms with E-state index in [-0.39, 0.29) is 5.91 Å². The highest BCUT2D eigenvalue weighted by Gasteiger charge is 2.24. The Morgan fingerprint density at radius 1 is 1.32 bits per heavy atom. The molecule has 0 N–H and O–H groups in total. The summed E-state index contributed by atoms with van der Waals surface area (Å²) in [6.07, 6.45) is 5.23. The van der Waals surface area contributed by atoms with Crippen molar-refractivity contribution in [3.63, 3.8) is 0 Å². The molecule has 104 valence electrons. The van der Waals surface area contributed by atoms with Crippen molar-refractivity contribution in [1.29, 1.82) is 0 Å². The number of likely N-dealkylation sites (tertiary alicyclic amines) is 1. The van der Waals surface area contributed by atoms with Crippen LogP contribution in [0.15, 0.2) is 28.7 Å². The van der Waals surface area contributed by atoms with Crippen molar-refractivity contribution in [3.8, 4) is 0 Å². The van der Waals surface area contributed by atoms with Crippen LogP contribution < -0.4 is 0 Å². The van der Waals surface area contributed by atoms with Gasteiger partial charge in [0, 0.05) is 22.4 Å². The summed E-state index contributed by atoms with van der Waals surface area (Å²) in [5.74, 6) is 0.254. The van der Waals surface area contributed by atoms with Gasteiger partial charge < -0.3 is 4.90 Å². The van der Waals surface area contributed by atoms with Crippen molar-refractivity contribution < 1.29 is 4.79 Å². The monoisotopic (exact) mass is 387 g/mol. The van der Waals surface area contributed by atoms with Gasteiger partial charge in [0.05, 0.1) is 6.42 Å². The van der Waals surface area contributed by atoms with Crippen molar-refractivity contribution in [3.05, 3.63) is 34.3 Å². The summed E-state index contributed by atoms with van der Waals surface area (Å²) < 4.78 is 1.03. The molecule has 0 spiro atoms. The molecule has 1 saturated heterocycles. The van der Waals surface area contributed by atoms with Crippen molar-refractivity contribution in [2.75, 3.05) is 11.9 Å². The highest BCUT2D eigenvalue weighted by atomic mass is 79.9. The lowest BCUT2D eigenvalue weighted by Gasteiger charge is -2.29. The molecule has 0 saturated carbocycles. The minimum Gasteiger partial charge on any atom is -0.339 e. The molecule has 1 fully saturated rings. The second-order valence-electron chi connectivity index (χ2n) is 5.05. The molecule has 2 nitrogen and oxygen atoms in total. The smallest absolute Gasteiger partial charge is 0.227 e. The predicted molar refractivity (Wildman–Crippen MR) is 85.6 cm³/mol. The van der Waals surface area contributed by atoms with Gasteiger partial charge in [-0.05, 0) is 30.5 Å². The molecule has 0 bridgehead atoms. The molecule has 0 aromatic heterocycles. The summed E-state index contributed by atoms with van der Waals surface area (Å²) >= 11 is 7.00. The zero-order valence-corrected chi connectivity index (χ0v) is 14.1. The third kappa shape index (κ3) is 4.32. The molecule has 1 aliphatic heterocycles. The fourth-order valence-electron chi connectivity index (χ4n) is 2.59. The summed E-state index contributed by atoms with van der Waals surface area (Å²) in [5, 5.41) is 0.886. The molecule has 0 aliphatic carbocycles. The number of carbonyl (C=O) groups excluding carboxylic acids is 1. The van der Waals surface area contributed by atoms with Gasteiger partial charge in [0.25, 0.3) is 0 Å². The molecule has 1 aromatic rings. The van der Waals surface area contributed by atoms with Gasteiger partial charge in [0.1, 0.15) is 0 Å². The fraction of sp³-hybridized carbons (Fsp3) is 0.533. The van der Waals surface area contributed by atoms with Crippen molar-refractivity contribution in [2.45, 2.75) is 38.1 Å². The van der Waals surface area contributed by atoms with Gasteiger partial charge in [0.15, 0.2) is 0 Å². The summed E-state index contributed by atoms with van der Waals surface area (Å²) in [4.78, 5) is 14.6. The zero-order chi connectivity index (χ0) is 13.7. The zero-order valence-electron chi connectivity index (χ0n) is 10.9. The van der Waals surface area contributed by atoms with Gasteiger partial charge in [-0.1, -0.05) is 56.8 Å². The summed E-state index contributed by atoms with van der Waals surface area (Å²) in [5.41, 5.74) is 1.08. The second kappa shape index (κ2) is 7.44. The van der Waals surface area contributed by atoms with Crippen molar-refractivity contribution in [2.24, 2.45) is 0 Å². The molecule has 1 unspecified atom stereocenters. The molecular formula is C15H19Br2NO. The van der Waals surface area contributed by atoms with E-state index < -0.39 is 0 Å². The summed E-state index contributed by atoms with van der Waals surface area (Å²) in [6.45, 7) is 0.906. The highest BCUT2D eigenvalue weighted by Crippen LogP contribution is 2.20. The lowest BCUT2D eigenvalue weighted by molar-refractivity contribution is -0.132. The van der Waals surface area contributed by atoms with E-state index in [1.54, 1.807) is 0 Å². The Bertz CT molecular complexity index is 436. The van der Waals surface area contributed by atoms with Gasteiger partial charge in [-0.3, -0.25) is 4.79 Å². The average molecular weight is 389 g/mol. The van der Waals surface area contributed by atoms with E-state index >= 15 is 0 Å². The number of halogens is 2. The van der Waals surface area contributed by atoms with Crippen molar-refractivity contribution in [1.82, 2.24) is 4.90 Å². The number of alkyl halides is 1. The van der Waals surface area contributed by atoms with E-state index in [0.717, 1.165) is 34.8 Å². The van der Waals surface area contributed by atoms with Crippen LogP contribution in [0.2, 0.25) is 0 Å². The van der Waals surface area contributed by atoms with Gasteiger partial charge in [-0.2, -0.15) is 0 Å². The molecule has 0 radical (unpaired) electrons. The van der Waals surface area contributed by atoms with E-state index in [0.29, 0.717) is 12.5 Å². The molecule has 1 amide bonds. The number of hydrogen-bond acceptors (Lipinski definition) is 1. The van der Waals surface area contributed by atoms with E-state index in [1.165, 1.54) is 12.8 Å². The Labute approximate surface area is 131 Å². The maximum Gasteiger partial charge on any atom is 0.227 e. The fourth-order valence-corrected chi connectivity index (χ4v) is 3.71. The first-order valence-corrected chi connectivity index (χ1v) is 8.72. The quantitative estimate of drug-likeness (QED) is 0.712. The molecule has 4 heteroatoms. The highest BCUT2D eigenvalue weighted by molar-refractivity contribution is 9.10. The Morgan fingerprint density at radius 2 is 2.16 bits per heavy atom. The predicted octanol–water partition coefficient (Wildman–Crippen LogP) is 4.16. The first kappa shape index (κ1) is 15.0. The molecule has 2 rings (SSSR count). The maximum absolute atomic E-state index is 12.5. The van der Waals surface area contributed by atoms with E-state index in [1.807, 2.05) is 24.3 Å². The molecule has 1 heterocycles. The molecule has 1 aliphatic rings. The van der Waals surface area contributed by atoms with E-state index in [2.05, 4.69) is 36.8 Å². The number of amides is 1. The van der Waals surface area contributed by atoms with Gasteiger partial charge in [0.2, 0.25) is 5.91 Å². The minimum atomic E-state index is 0.254. The van der Waals surface area contributed by atoms with Crippen LogP contribution in [0, 0.1) is 0 Å². The van der Waals surface area contributed by atoms with Gasteiger partial charge >= 0.3 is 0 Å². The normalized spacial score (nSPS) is 20.1. The third-order valence-corrected chi connectivity index (χ3v) is 4.86. The van der Waals surface area contributed by atoms with E-state index in [9.17, 15) is 4.79 Å². The third-order valence-electron chi connectivity index (χ3n) is 3.62. The second-order valence-corrected chi connectivity index (χ2v) is 6.61. The summed E-state index contributed by atoms with van der Waals surface area (Å²) in [6, 6.07) is 8.38. The van der Waals surface area contributed by atoms with Gasteiger partial charge in [-0.25, -0.2) is 0 Å². The largest absolute Gasteiger partial charge is 0.339 e. The first-order valence-electron chi connectivity index (χ1n) is 6.80. The molecule has 1 aromatic carbocycles. The van der Waals surface area contributed by atoms with Crippen LogP contribution in [-0.4, -0.2) is 28.7 Å². The Morgan fingerprint density at radius 3 is 2.89 bits per heavy atom. The molecule has 19 heavy (non-hydrogen) atoms. The van der Waals surface area contributed by atoms with Crippen LogP contribution in [0.4, 0.5) is 0 Å². The van der Waals surface area contributed by atoms with Crippen LogP contribution in [0.5, 0.6) is 0 Å². The molecular weight excluding hydrogens is 370 g/mol. The lowest BCUT2D eigenvalue weighted by Crippen LogP contribution is -2.41. The number of benzene rings is 1.